The van der Waals surface area contributed by atoms with E-state index in [1.807, 2.05) is 19.1 Å². The summed E-state index contributed by atoms with van der Waals surface area (Å²) in [5, 5.41) is 14.3. The molecule has 0 spiro atoms. The predicted octanol–water partition coefficient (Wildman–Crippen LogP) is 3.26. The summed E-state index contributed by atoms with van der Waals surface area (Å²) >= 11 is 4.35. The molecule has 2 rings (SSSR count). The maximum atomic E-state index is 11.6. The highest BCUT2D eigenvalue weighted by Gasteiger charge is 2.08. The maximum absolute atomic E-state index is 11.6. The van der Waals surface area contributed by atoms with E-state index in [4.69, 9.17) is 4.74 Å². The molecule has 1 aromatic heterocycles. The van der Waals surface area contributed by atoms with Gasteiger partial charge in [-0.3, -0.25) is 14.9 Å². The van der Waals surface area contributed by atoms with E-state index < -0.39 is 10.8 Å². The van der Waals surface area contributed by atoms with E-state index in [9.17, 15) is 14.9 Å². The number of thiophene rings is 1. The molecule has 0 radical (unpaired) electrons. The van der Waals surface area contributed by atoms with Crippen LogP contribution >= 0.6 is 27.3 Å². The first kappa shape index (κ1) is 17.1. The molecular weight excluding hydrogens is 386 g/mol. The van der Waals surface area contributed by atoms with Crippen LogP contribution in [0.5, 0.6) is 5.75 Å². The van der Waals surface area contributed by atoms with Crippen LogP contribution in [0.15, 0.2) is 39.9 Å². The number of carbonyl (C=O) groups excluding carboxylic acids is 1. The van der Waals surface area contributed by atoms with Gasteiger partial charge >= 0.3 is 5.00 Å². The van der Waals surface area contributed by atoms with Gasteiger partial charge in [-0.15, -0.1) is 0 Å². The lowest BCUT2D eigenvalue weighted by molar-refractivity contribution is -0.380. The van der Waals surface area contributed by atoms with E-state index in [0.29, 0.717) is 10.6 Å². The van der Waals surface area contributed by atoms with Crippen molar-refractivity contribution < 1.29 is 14.5 Å². The molecule has 1 amide bonds. The number of hydrazone groups is 1. The van der Waals surface area contributed by atoms with Gasteiger partial charge in [0.2, 0.25) is 0 Å². The van der Waals surface area contributed by atoms with Crippen LogP contribution in [0.25, 0.3) is 0 Å². The number of aryl methyl sites for hydroxylation is 1. The average molecular weight is 398 g/mol. The molecule has 120 valence electrons. The molecule has 1 N–H and O–H groups in total. The maximum Gasteiger partial charge on any atom is 0.324 e. The fourth-order valence-electron chi connectivity index (χ4n) is 1.57. The Labute approximate surface area is 144 Å². The molecule has 0 bridgehead atoms. The number of amides is 1. The number of nitro groups is 1. The molecule has 0 aliphatic heterocycles. The lowest BCUT2D eigenvalue weighted by atomic mass is 10.2. The summed E-state index contributed by atoms with van der Waals surface area (Å²) in [7, 11) is 0. The van der Waals surface area contributed by atoms with Crippen LogP contribution in [-0.2, 0) is 4.79 Å². The second-order valence-corrected chi connectivity index (χ2v) is 6.37. The molecule has 0 aliphatic carbocycles. The standard InChI is InChI=1S/C14H12BrN3O4S/c1-9-6-10(2-4-12(9)15)22-8-13(19)17-16-7-11-3-5-14(23-11)18(20)21/h2-7H,8H2,1H3,(H,17,19). The number of nitrogens with zero attached hydrogens (tertiary/aromatic N) is 2. The minimum Gasteiger partial charge on any atom is -0.484 e. The Balaban J connectivity index is 1.81. The summed E-state index contributed by atoms with van der Waals surface area (Å²) in [6, 6.07) is 8.33. The van der Waals surface area contributed by atoms with Crippen molar-refractivity contribution in [2.24, 2.45) is 5.10 Å². The van der Waals surface area contributed by atoms with E-state index in [1.165, 1.54) is 12.3 Å². The van der Waals surface area contributed by atoms with Gasteiger partial charge < -0.3 is 4.74 Å². The van der Waals surface area contributed by atoms with Crippen molar-refractivity contribution in [1.82, 2.24) is 5.43 Å². The largest absolute Gasteiger partial charge is 0.484 e. The number of carbonyl (C=O) groups is 1. The fourth-order valence-corrected chi connectivity index (χ4v) is 2.51. The number of halogens is 1. The third-order valence-corrected chi connectivity index (χ3v) is 4.53. The summed E-state index contributed by atoms with van der Waals surface area (Å²) in [6.45, 7) is 1.74. The van der Waals surface area contributed by atoms with Crippen molar-refractivity contribution in [3.8, 4) is 5.75 Å². The topological polar surface area (TPSA) is 93.8 Å². The summed E-state index contributed by atoms with van der Waals surface area (Å²) in [4.78, 5) is 22.2. The smallest absolute Gasteiger partial charge is 0.324 e. The zero-order valence-corrected chi connectivity index (χ0v) is 14.4. The average Bonchev–Trinajstić information content (AvgIpc) is 2.97. The molecule has 0 atom stereocenters. The molecule has 0 fully saturated rings. The van der Waals surface area contributed by atoms with Gasteiger partial charge in [0.1, 0.15) is 5.75 Å². The predicted molar refractivity (Wildman–Crippen MR) is 91.1 cm³/mol. The first-order valence-electron chi connectivity index (χ1n) is 6.41. The van der Waals surface area contributed by atoms with Crippen molar-refractivity contribution in [3.63, 3.8) is 0 Å². The summed E-state index contributed by atoms with van der Waals surface area (Å²) < 4.78 is 6.31. The van der Waals surface area contributed by atoms with Gasteiger partial charge in [-0.1, -0.05) is 27.3 Å². The highest BCUT2D eigenvalue weighted by Crippen LogP contribution is 2.22. The normalized spacial score (nSPS) is 10.7. The second-order valence-electron chi connectivity index (χ2n) is 4.43. The van der Waals surface area contributed by atoms with Crippen LogP contribution in [0.3, 0.4) is 0 Å². The fraction of sp³-hybridized carbons (Fsp3) is 0.143. The van der Waals surface area contributed by atoms with Crippen molar-refractivity contribution in [2.45, 2.75) is 6.92 Å². The molecule has 2 aromatic rings. The number of ether oxygens (including phenoxy) is 1. The Morgan fingerprint density at radius 3 is 2.91 bits per heavy atom. The van der Waals surface area contributed by atoms with Crippen LogP contribution < -0.4 is 10.2 Å². The molecule has 0 aliphatic rings. The molecule has 7 nitrogen and oxygen atoms in total. The third kappa shape index (κ3) is 5.15. The highest BCUT2D eigenvalue weighted by atomic mass is 79.9. The molecule has 0 saturated heterocycles. The SMILES string of the molecule is Cc1cc(OCC(=O)NN=Cc2ccc([N+](=O)[O-])s2)ccc1Br. The first-order valence-corrected chi connectivity index (χ1v) is 8.02. The molecule has 0 saturated carbocycles. The highest BCUT2D eigenvalue weighted by molar-refractivity contribution is 9.10. The lowest BCUT2D eigenvalue weighted by Crippen LogP contribution is -2.24. The number of hydrogen-bond donors (Lipinski definition) is 1. The Morgan fingerprint density at radius 2 is 2.26 bits per heavy atom. The summed E-state index contributed by atoms with van der Waals surface area (Å²) in [6.07, 6.45) is 1.35. The van der Waals surface area contributed by atoms with Crippen molar-refractivity contribution in [3.05, 3.63) is 55.4 Å². The van der Waals surface area contributed by atoms with E-state index in [-0.39, 0.29) is 11.6 Å². The summed E-state index contributed by atoms with van der Waals surface area (Å²) in [5.41, 5.74) is 3.30. The number of nitrogens with one attached hydrogen (secondary N) is 1. The van der Waals surface area contributed by atoms with E-state index in [1.54, 1.807) is 12.1 Å². The van der Waals surface area contributed by atoms with Gasteiger partial charge in [-0.05, 0) is 36.8 Å². The number of rotatable bonds is 6. The van der Waals surface area contributed by atoms with Gasteiger partial charge in [-0.25, -0.2) is 5.43 Å². The van der Waals surface area contributed by atoms with E-state index in [2.05, 4.69) is 26.5 Å². The third-order valence-electron chi connectivity index (χ3n) is 2.67. The van der Waals surface area contributed by atoms with Gasteiger partial charge in [0.15, 0.2) is 6.61 Å². The zero-order chi connectivity index (χ0) is 16.8. The quantitative estimate of drug-likeness (QED) is 0.459. The van der Waals surface area contributed by atoms with Gasteiger partial charge in [0, 0.05) is 10.5 Å². The Morgan fingerprint density at radius 1 is 1.48 bits per heavy atom. The van der Waals surface area contributed by atoms with Crippen molar-refractivity contribution >= 4 is 44.4 Å². The van der Waals surface area contributed by atoms with Gasteiger partial charge in [0.25, 0.3) is 5.91 Å². The molecule has 1 heterocycles. The van der Waals surface area contributed by atoms with E-state index >= 15 is 0 Å². The van der Waals surface area contributed by atoms with Crippen LogP contribution in [0.1, 0.15) is 10.4 Å². The van der Waals surface area contributed by atoms with Crippen LogP contribution in [0.2, 0.25) is 0 Å². The molecule has 0 unspecified atom stereocenters. The molecule has 1 aromatic carbocycles. The Hall–Kier alpha value is -2.26. The van der Waals surface area contributed by atoms with E-state index in [0.717, 1.165) is 21.4 Å². The minimum atomic E-state index is -0.478. The zero-order valence-electron chi connectivity index (χ0n) is 12.0. The summed E-state index contributed by atoms with van der Waals surface area (Å²) in [5.74, 6) is 0.159. The van der Waals surface area contributed by atoms with Crippen LogP contribution in [0, 0.1) is 17.0 Å². The van der Waals surface area contributed by atoms with Gasteiger partial charge in [0.05, 0.1) is 16.0 Å². The second kappa shape index (κ2) is 7.84. The Kier molecular flexibility index (Phi) is 5.83. The molecule has 23 heavy (non-hydrogen) atoms. The monoisotopic (exact) mass is 397 g/mol. The number of benzene rings is 1. The van der Waals surface area contributed by atoms with Crippen molar-refractivity contribution in [1.29, 1.82) is 0 Å². The van der Waals surface area contributed by atoms with Gasteiger partial charge in [-0.2, -0.15) is 5.10 Å². The molecular formula is C14H12BrN3O4S. The lowest BCUT2D eigenvalue weighted by Gasteiger charge is -2.06. The minimum absolute atomic E-state index is 0.0201. The number of hydrogen-bond acceptors (Lipinski definition) is 6. The van der Waals surface area contributed by atoms with Crippen LogP contribution in [-0.4, -0.2) is 23.7 Å². The first-order chi connectivity index (χ1) is 11.0. The van der Waals surface area contributed by atoms with Crippen LogP contribution in [0.4, 0.5) is 5.00 Å². The Bertz CT molecular complexity index is 760. The van der Waals surface area contributed by atoms with Crippen molar-refractivity contribution in [2.75, 3.05) is 6.61 Å². The molecule has 9 heteroatoms.